The Morgan fingerprint density at radius 2 is 1.85 bits per heavy atom. The second kappa shape index (κ2) is 4.26. The Morgan fingerprint density at radius 1 is 1.05 bits per heavy atom. The number of benzene rings is 1. The molecule has 0 saturated carbocycles. The number of fused-ring (bicyclic) bond motifs is 1. The highest BCUT2D eigenvalue weighted by molar-refractivity contribution is 5.63. The van der Waals surface area contributed by atoms with Gasteiger partial charge in [0.25, 0.3) is 5.78 Å². The summed E-state index contributed by atoms with van der Waals surface area (Å²) in [6.07, 6.45) is -0.636. The van der Waals surface area contributed by atoms with Crippen LogP contribution in [0.15, 0.2) is 36.9 Å². The van der Waals surface area contributed by atoms with Crippen molar-refractivity contribution in [1.82, 2.24) is 19.6 Å². The average molecular weight is 282 g/mol. The highest BCUT2D eigenvalue weighted by Crippen LogP contribution is 2.34. The van der Waals surface area contributed by atoms with Crippen LogP contribution in [0.25, 0.3) is 16.9 Å². The molecular weight excluding hydrogens is 276 g/mol. The molecule has 0 fully saturated rings. The van der Waals surface area contributed by atoms with Crippen molar-refractivity contribution in [1.29, 1.82) is 0 Å². The van der Waals surface area contributed by atoms with Gasteiger partial charge in [-0.15, -0.1) is 0 Å². The summed E-state index contributed by atoms with van der Waals surface area (Å²) in [7, 11) is 0. The van der Waals surface area contributed by atoms with Crippen molar-refractivity contribution in [3.8, 4) is 11.1 Å². The van der Waals surface area contributed by atoms with E-state index in [0.717, 1.165) is 12.1 Å². The molecule has 4 nitrogen and oxygen atoms in total. The summed E-state index contributed by atoms with van der Waals surface area (Å²) in [6, 6.07) is 2.78. The van der Waals surface area contributed by atoms with Crippen LogP contribution in [0, 0.1) is 5.82 Å². The van der Waals surface area contributed by atoms with Crippen LogP contribution in [-0.2, 0) is 6.18 Å². The van der Waals surface area contributed by atoms with Crippen LogP contribution in [-0.4, -0.2) is 19.6 Å². The van der Waals surface area contributed by atoms with Crippen molar-refractivity contribution >= 4 is 5.78 Å². The second-order valence-electron chi connectivity index (χ2n) is 4.04. The zero-order valence-corrected chi connectivity index (χ0v) is 9.76. The molecule has 0 radical (unpaired) electrons. The van der Waals surface area contributed by atoms with Gasteiger partial charge in [-0.25, -0.2) is 13.9 Å². The summed E-state index contributed by atoms with van der Waals surface area (Å²) < 4.78 is 52.5. The molecule has 0 aliphatic carbocycles. The molecule has 0 N–H and O–H groups in total. The van der Waals surface area contributed by atoms with E-state index < -0.39 is 17.6 Å². The van der Waals surface area contributed by atoms with E-state index in [2.05, 4.69) is 15.1 Å². The number of halogens is 4. The first kappa shape index (κ1) is 12.5. The van der Waals surface area contributed by atoms with Gasteiger partial charge < -0.3 is 0 Å². The van der Waals surface area contributed by atoms with Crippen molar-refractivity contribution in [2.24, 2.45) is 0 Å². The Labute approximate surface area is 109 Å². The summed E-state index contributed by atoms with van der Waals surface area (Å²) in [5.41, 5.74) is -0.731. The van der Waals surface area contributed by atoms with Crippen molar-refractivity contribution in [2.45, 2.75) is 6.18 Å². The zero-order valence-electron chi connectivity index (χ0n) is 9.76. The average Bonchev–Trinajstić information content (AvgIpc) is 2.85. The van der Waals surface area contributed by atoms with Gasteiger partial charge in [0, 0.05) is 18.0 Å². The minimum absolute atomic E-state index is 0.198. The SMILES string of the molecule is Fc1ccc(-c2cnc3ncnn3c2)cc1C(F)(F)F. The van der Waals surface area contributed by atoms with Crippen molar-refractivity contribution in [3.05, 3.63) is 48.3 Å². The predicted octanol–water partition coefficient (Wildman–Crippen LogP) is 2.95. The van der Waals surface area contributed by atoms with Gasteiger partial charge >= 0.3 is 6.18 Å². The minimum atomic E-state index is -4.75. The van der Waals surface area contributed by atoms with Crippen molar-refractivity contribution in [2.75, 3.05) is 0 Å². The Balaban J connectivity index is 2.14. The number of aromatic nitrogens is 4. The summed E-state index contributed by atoms with van der Waals surface area (Å²) in [6.45, 7) is 0. The monoisotopic (exact) mass is 282 g/mol. The summed E-state index contributed by atoms with van der Waals surface area (Å²) in [5.74, 6) is -0.983. The molecule has 0 amide bonds. The maximum atomic E-state index is 13.2. The first-order valence-corrected chi connectivity index (χ1v) is 5.47. The third-order valence-corrected chi connectivity index (χ3v) is 2.74. The molecule has 0 spiro atoms. The molecule has 1 aromatic carbocycles. The van der Waals surface area contributed by atoms with Gasteiger partial charge in [0.2, 0.25) is 0 Å². The lowest BCUT2D eigenvalue weighted by Crippen LogP contribution is -2.08. The van der Waals surface area contributed by atoms with E-state index in [1.54, 1.807) is 0 Å². The molecule has 8 heteroatoms. The largest absolute Gasteiger partial charge is 0.419 e. The van der Waals surface area contributed by atoms with Gasteiger partial charge in [-0.2, -0.15) is 23.3 Å². The first-order chi connectivity index (χ1) is 9.45. The lowest BCUT2D eigenvalue weighted by Gasteiger charge is -2.10. The maximum absolute atomic E-state index is 13.2. The van der Waals surface area contributed by atoms with E-state index in [1.807, 2.05) is 0 Å². The van der Waals surface area contributed by atoms with Gasteiger partial charge in [-0.3, -0.25) is 0 Å². The van der Waals surface area contributed by atoms with E-state index >= 15 is 0 Å². The smallest absolute Gasteiger partial charge is 0.219 e. The Bertz CT molecular complexity index is 778. The lowest BCUT2D eigenvalue weighted by molar-refractivity contribution is -0.139. The molecule has 0 saturated heterocycles. The zero-order chi connectivity index (χ0) is 14.3. The van der Waals surface area contributed by atoms with Gasteiger partial charge in [0.1, 0.15) is 12.1 Å². The van der Waals surface area contributed by atoms with E-state index in [9.17, 15) is 17.6 Å². The molecule has 0 aliphatic rings. The normalized spacial score (nSPS) is 12.0. The molecule has 3 rings (SSSR count). The quantitative estimate of drug-likeness (QED) is 0.644. The Kier molecular flexibility index (Phi) is 2.66. The third-order valence-electron chi connectivity index (χ3n) is 2.74. The molecule has 0 aliphatic heterocycles. The van der Waals surface area contributed by atoms with Crippen LogP contribution >= 0.6 is 0 Å². The van der Waals surface area contributed by atoms with Gasteiger partial charge in [0.05, 0.1) is 5.56 Å². The lowest BCUT2D eigenvalue weighted by atomic mass is 10.1. The predicted molar refractivity (Wildman–Crippen MR) is 61.2 cm³/mol. The fourth-order valence-corrected chi connectivity index (χ4v) is 1.79. The molecule has 0 atom stereocenters. The van der Waals surface area contributed by atoms with E-state index in [-0.39, 0.29) is 5.56 Å². The molecule has 2 heterocycles. The van der Waals surface area contributed by atoms with Crippen LogP contribution in [0.2, 0.25) is 0 Å². The molecular formula is C12H6F4N4. The van der Waals surface area contributed by atoms with Crippen molar-refractivity contribution in [3.63, 3.8) is 0 Å². The number of rotatable bonds is 1. The van der Waals surface area contributed by atoms with Crippen LogP contribution in [0.3, 0.4) is 0 Å². The number of hydrogen-bond donors (Lipinski definition) is 0. The second-order valence-corrected chi connectivity index (χ2v) is 4.04. The van der Waals surface area contributed by atoms with E-state index in [4.69, 9.17) is 0 Å². The van der Waals surface area contributed by atoms with Gasteiger partial charge in [0.15, 0.2) is 0 Å². The van der Waals surface area contributed by atoms with Crippen LogP contribution in [0.4, 0.5) is 17.6 Å². The summed E-state index contributed by atoms with van der Waals surface area (Å²) in [4.78, 5) is 7.77. The summed E-state index contributed by atoms with van der Waals surface area (Å²) >= 11 is 0. The van der Waals surface area contributed by atoms with Crippen LogP contribution < -0.4 is 0 Å². The third kappa shape index (κ3) is 2.09. The van der Waals surface area contributed by atoms with Crippen LogP contribution in [0.1, 0.15) is 5.56 Å². The number of nitrogens with zero attached hydrogens (tertiary/aromatic N) is 4. The van der Waals surface area contributed by atoms with Crippen LogP contribution in [0.5, 0.6) is 0 Å². The molecule has 3 aromatic rings. The Morgan fingerprint density at radius 3 is 2.60 bits per heavy atom. The van der Waals surface area contributed by atoms with Gasteiger partial charge in [-0.1, -0.05) is 6.07 Å². The number of alkyl halides is 3. The molecule has 2 aromatic heterocycles. The summed E-state index contributed by atoms with van der Waals surface area (Å²) in [5, 5.41) is 3.84. The van der Waals surface area contributed by atoms with Gasteiger partial charge in [-0.05, 0) is 17.7 Å². The molecule has 20 heavy (non-hydrogen) atoms. The molecule has 102 valence electrons. The first-order valence-electron chi connectivity index (χ1n) is 5.47. The van der Waals surface area contributed by atoms with Crippen molar-refractivity contribution < 1.29 is 17.6 Å². The minimum Gasteiger partial charge on any atom is -0.219 e. The number of hydrogen-bond acceptors (Lipinski definition) is 3. The maximum Gasteiger partial charge on any atom is 0.419 e. The van der Waals surface area contributed by atoms with E-state index in [0.29, 0.717) is 11.3 Å². The fraction of sp³-hybridized carbons (Fsp3) is 0.0833. The highest BCUT2D eigenvalue weighted by Gasteiger charge is 2.34. The standard InChI is InChI=1S/C12H6F4N4/c13-10-2-1-7(3-9(10)12(14,15)16)8-4-17-11-18-6-19-20(11)5-8/h1-6H. The Hall–Kier alpha value is -2.51. The topological polar surface area (TPSA) is 43.1 Å². The molecule has 0 bridgehead atoms. The fourth-order valence-electron chi connectivity index (χ4n) is 1.79. The highest BCUT2D eigenvalue weighted by atomic mass is 19.4. The molecule has 0 unspecified atom stereocenters. The van der Waals surface area contributed by atoms with E-state index in [1.165, 1.54) is 29.3 Å².